The largest absolute Gasteiger partial charge is 0.483 e. The van der Waals surface area contributed by atoms with Crippen LogP contribution in [-0.4, -0.2) is 45.5 Å². The maximum absolute atomic E-state index is 8.36. The number of nitrogens with zero attached hydrogens (tertiary/aromatic N) is 7. The number of imidazole rings is 2. The van der Waals surface area contributed by atoms with Crippen molar-refractivity contribution in [2.45, 2.75) is 6.54 Å². The molecule has 122 valence electrons. The number of aryl methyl sites for hydroxylation is 1. The zero-order valence-corrected chi connectivity index (χ0v) is 12.7. The summed E-state index contributed by atoms with van der Waals surface area (Å²) in [6.07, 6.45) is 10.7. The number of carboxylic acid groups (broad SMARTS) is 1. The second kappa shape index (κ2) is 6.69. The van der Waals surface area contributed by atoms with E-state index in [2.05, 4.69) is 30.2 Å². The fraction of sp³-hybridized carbons (Fsp3) is 0.143. The highest BCUT2D eigenvalue weighted by Gasteiger charge is 2.05. The Hall–Kier alpha value is -3.56. The van der Waals surface area contributed by atoms with Crippen LogP contribution in [0.1, 0.15) is 5.69 Å². The molecule has 4 aromatic rings. The molecule has 0 aliphatic heterocycles. The Morgan fingerprint density at radius 3 is 2.92 bits per heavy atom. The molecule has 0 aliphatic rings. The molecule has 0 saturated carbocycles. The lowest BCUT2D eigenvalue weighted by Gasteiger charge is -2.01. The van der Waals surface area contributed by atoms with Crippen molar-refractivity contribution in [1.29, 1.82) is 0 Å². The van der Waals surface area contributed by atoms with Crippen LogP contribution in [0.3, 0.4) is 0 Å². The molecule has 0 fully saturated rings. The third-order valence-corrected chi connectivity index (χ3v) is 3.23. The molecule has 0 saturated heterocycles. The van der Waals surface area contributed by atoms with Crippen LogP contribution in [0.25, 0.3) is 16.8 Å². The van der Waals surface area contributed by atoms with Gasteiger partial charge in [0.05, 0.1) is 31.0 Å². The van der Waals surface area contributed by atoms with Crippen LogP contribution >= 0.6 is 0 Å². The first kappa shape index (κ1) is 15.3. The van der Waals surface area contributed by atoms with Crippen molar-refractivity contribution in [3.8, 4) is 0 Å². The first-order chi connectivity index (χ1) is 11.7. The van der Waals surface area contributed by atoms with E-state index < -0.39 is 0 Å². The quantitative estimate of drug-likeness (QED) is 0.528. The molecule has 0 bridgehead atoms. The Bertz CT molecular complexity index is 944. The zero-order valence-electron chi connectivity index (χ0n) is 12.7. The monoisotopic (exact) mass is 326 g/mol. The lowest BCUT2D eigenvalue weighted by atomic mass is 10.5. The molecule has 0 aliphatic carbocycles. The van der Waals surface area contributed by atoms with Crippen molar-refractivity contribution >= 4 is 29.2 Å². The van der Waals surface area contributed by atoms with Gasteiger partial charge in [0.15, 0.2) is 11.3 Å². The summed E-state index contributed by atoms with van der Waals surface area (Å²) in [5, 5.41) is 10.0. The van der Waals surface area contributed by atoms with Crippen LogP contribution in [0.4, 0.5) is 5.95 Å². The Balaban J connectivity index is 0.000000526. The van der Waals surface area contributed by atoms with Gasteiger partial charge < -0.3 is 19.4 Å². The number of aromatic nitrogens is 7. The molecule has 0 amide bonds. The van der Waals surface area contributed by atoms with Crippen molar-refractivity contribution in [1.82, 2.24) is 33.9 Å². The number of hydrogen-bond donors (Lipinski definition) is 2. The minimum absolute atomic E-state index is 0.250. The molecule has 0 unspecified atom stereocenters. The third kappa shape index (κ3) is 3.11. The zero-order chi connectivity index (χ0) is 16.9. The first-order valence-corrected chi connectivity index (χ1v) is 6.94. The summed E-state index contributed by atoms with van der Waals surface area (Å²) in [7, 11) is 1.91. The molecule has 0 atom stereocenters. The van der Waals surface area contributed by atoms with Crippen LogP contribution in [0.5, 0.6) is 0 Å². The van der Waals surface area contributed by atoms with Gasteiger partial charge in [-0.1, -0.05) is 0 Å². The highest BCUT2D eigenvalue weighted by molar-refractivity contribution is 5.70. The first-order valence-electron chi connectivity index (χ1n) is 6.94. The lowest BCUT2D eigenvalue weighted by molar-refractivity contribution is -0.122. The summed E-state index contributed by atoms with van der Waals surface area (Å²) in [6.45, 7) is 0.292. The summed E-state index contributed by atoms with van der Waals surface area (Å²) in [5.41, 5.74) is 3.29. The molecule has 0 radical (unpaired) electrons. The molecule has 24 heavy (non-hydrogen) atoms. The SMILES string of the molecule is Cn1cnc2nc(NCc3cn4ccncc4n3)ncc21.O=CO. The second-order valence-corrected chi connectivity index (χ2v) is 4.79. The molecular weight excluding hydrogens is 312 g/mol. The van der Waals surface area contributed by atoms with E-state index in [1.807, 2.05) is 28.4 Å². The maximum Gasteiger partial charge on any atom is 0.290 e. The fourth-order valence-corrected chi connectivity index (χ4v) is 2.15. The van der Waals surface area contributed by atoms with E-state index >= 15 is 0 Å². The van der Waals surface area contributed by atoms with Crippen molar-refractivity contribution < 1.29 is 9.90 Å². The Morgan fingerprint density at radius 2 is 2.12 bits per heavy atom. The van der Waals surface area contributed by atoms with Gasteiger partial charge >= 0.3 is 0 Å². The second-order valence-electron chi connectivity index (χ2n) is 4.79. The number of nitrogens with one attached hydrogen (secondary N) is 1. The fourth-order valence-electron chi connectivity index (χ4n) is 2.15. The van der Waals surface area contributed by atoms with E-state index in [9.17, 15) is 0 Å². The van der Waals surface area contributed by atoms with Gasteiger partial charge in [0.1, 0.15) is 5.52 Å². The molecule has 10 nitrogen and oxygen atoms in total. The molecule has 4 heterocycles. The van der Waals surface area contributed by atoms with E-state index in [0.717, 1.165) is 16.9 Å². The van der Waals surface area contributed by atoms with E-state index in [1.165, 1.54) is 0 Å². The van der Waals surface area contributed by atoms with E-state index in [4.69, 9.17) is 9.90 Å². The van der Waals surface area contributed by atoms with Crippen molar-refractivity contribution in [3.05, 3.63) is 43.0 Å². The average Bonchev–Trinajstić information content (AvgIpc) is 3.17. The predicted octanol–water partition coefficient (Wildman–Crippen LogP) is 0.719. The molecule has 10 heteroatoms. The Morgan fingerprint density at radius 1 is 1.29 bits per heavy atom. The van der Waals surface area contributed by atoms with Gasteiger partial charge in [-0.2, -0.15) is 4.98 Å². The van der Waals surface area contributed by atoms with E-state index in [-0.39, 0.29) is 6.47 Å². The van der Waals surface area contributed by atoms with Crippen molar-refractivity contribution in [2.24, 2.45) is 7.05 Å². The molecule has 0 aromatic carbocycles. The predicted molar refractivity (Wildman–Crippen MR) is 85.3 cm³/mol. The minimum atomic E-state index is -0.250. The van der Waals surface area contributed by atoms with Gasteiger partial charge in [0, 0.05) is 25.6 Å². The van der Waals surface area contributed by atoms with Crippen LogP contribution in [0.2, 0.25) is 0 Å². The van der Waals surface area contributed by atoms with Crippen molar-refractivity contribution in [3.63, 3.8) is 0 Å². The molecule has 0 spiro atoms. The highest BCUT2D eigenvalue weighted by atomic mass is 16.3. The minimum Gasteiger partial charge on any atom is -0.483 e. The van der Waals surface area contributed by atoms with E-state index in [0.29, 0.717) is 18.1 Å². The Labute approximate surface area is 135 Å². The van der Waals surface area contributed by atoms with Crippen molar-refractivity contribution in [2.75, 3.05) is 5.32 Å². The summed E-state index contributed by atoms with van der Waals surface area (Å²) >= 11 is 0. The highest BCUT2D eigenvalue weighted by Crippen LogP contribution is 2.11. The summed E-state index contributed by atoms with van der Waals surface area (Å²) in [5.74, 6) is 0.538. The van der Waals surface area contributed by atoms with E-state index in [1.54, 1.807) is 24.9 Å². The average molecular weight is 326 g/mol. The summed E-state index contributed by atoms with van der Waals surface area (Å²) in [4.78, 5) is 29.7. The van der Waals surface area contributed by atoms with Gasteiger partial charge in [-0.15, -0.1) is 0 Å². The standard InChI is InChI=1S/C13H12N8.CH2O2/c1-20-8-17-12-10(20)5-16-13(19-12)15-4-9-7-21-3-2-14-6-11(21)18-9;2-1-3/h2-3,5-8H,4H2,1H3,(H,15,16,19);1H,(H,2,3). The van der Waals surface area contributed by atoms with Gasteiger partial charge in [0.2, 0.25) is 5.95 Å². The molecular formula is C14H14N8O2. The number of carbonyl (C=O) groups is 1. The maximum atomic E-state index is 8.36. The molecule has 4 aromatic heterocycles. The Kier molecular flexibility index (Phi) is 4.27. The number of rotatable bonds is 3. The van der Waals surface area contributed by atoms with Gasteiger partial charge in [-0.3, -0.25) is 9.78 Å². The molecule has 2 N–H and O–H groups in total. The summed E-state index contributed by atoms with van der Waals surface area (Å²) in [6, 6.07) is 0. The number of fused-ring (bicyclic) bond motifs is 2. The topological polar surface area (TPSA) is 123 Å². The molecule has 4 rings (SSSR count). The number of hydrogen-bond acceptors (Lipinski definition) is 7. The van der Waals surface area contributed by atoms with Crippen LogP contribution in [0.15, 0.2) is 37.3 Å². The van der Waals surface area contributed by atoms with Crippen LogP contribution in [0, 0.1) is 0 Å². The normalized spacial score (nSPS) is 10.4. The number of anilines is 1. The van der Waals surface area contributed by atoms with Gasteiger partial charge in [0.25, 0.3) is 6.47 Å². The summed E-state index contributed by atoms with van der Waals surface area (Å²) < 4.78 is 3.81. The third-order valence-electron chi connectivity index (χ3n) is 3.23. The van der Waals surface area contributed by atoms with Crippen LogP contribution < -0.4 is 5.32 Å². The van der Waals surface area contributed by atoms with Gasteiger partial charge in [-0.05, 0) is 0 Å². The lowest BCUT2D eigenvalue weighted by Crippen LogP contribution is -2.04. The van der Waals surface area contributed by atoms with Crippen LogP contribution in [-0.2, 0) is 18.4 Å². The smallest absolute Gasteiger partial charge is 0.290 e. The van der Waals surface area contributed by atoms with Gasteiger partial charge in [-0.25, -0.2) is 15.0 Å².